The largest absolute Gasteiger partial charge is 0.506 e. The minimum absolute atomic E-state index is 0.244. The third-order valence-corrected chi connectivity index (χ3v) is 4.04. The van der Waals surface area contributed by atoms with Crippen LogP contribution >= 0.6 is 11.8 Å². The molecule has 1 heterocycles. The van der Waals surface area contributed by atoms with E-state index in [4.69, 9.17) is 0 Å². The van der Waals surface area contributed by atoms with Crippen molar-refractivity contribution in [2.75, 3.05) is 0 Å². The maximum atomic E-state index is 9.84. The summed E-state index contributed by atoms with van der Waals surface area (Å²) in [5.41, 5.74) is 1.57. The highest BCUT2D eigenvalue weighted by Crippen LogP contribution is 2.34. The number of fused-ring (bicyclic) bond motifs is 1. The highest BCUT2D eigenvalue weighted by Gasteiger charge is 2.07. The Balaban J connectivity index is 2.11. The van der Waals surface area contributed by atoms with E-state index in [1.807, 2.05) is 37.3 Å². The SMILES string of the molecule is Cc1nc2cccc(Sc3ccccc3)c2cc1O. The Bertz CT molecular complexity index is 725. The van der Waals surface area contributed by atoms with Crippen molar-refractivity contribution in [3.63, 3.8) is 0 Å². The van der Waals surface area contributed by atoms with Gasteiger partial charge in [0.15, 0.2) is 0 Å². The number of nitrogens with zero attached hydrogens (tertiary/aromatic N) is 1. The standard InChI is InChI=1S/C16H13NOS/c1-11-15(18)10-13-14(17-11)8-5-9-16(13)19-12-6-3-2-4-7-12/h2-10,18H,1H3. The van der Waals surface area contributed by atoms with Crippen molar-refractivity contribution in [3.05, 3.63) is 60.3 Å². The average molecular weight is 267 g/mol. The Kier molecular flexibility index (Phi) is 3.13. The number of aryl methyl sites for hydroxylation is 1. The molecule has 2 aromatic carbocycles. The van der Waals surface area contributed by atoms with E-state index in [1.165, 1.54) is 4.90 Å². The first-order valence-corrected chi connectivity index (χ1v) is 6.88. The Morgan fingerprint density at radius 1 is 1.00 bits per heavy atom. The van der Waals surface area contributed by atoms with E-state index in [0.717, 1.165) is 15.8 Å². The van der Waals surface area contributed by atoms with Gasteiger partial charge in [-0.25, -0.2) is 4.98 Å². The molecule has 0 aliphatic carbocycles. The molecular weight excluding hydrogens is 254 g/mol. The lowest BCUT2D eigenvalue weighted by Crippen LogP contribution is -1.86. The molecule has 0 aliphatic rings. The second-order valence-electron chi connectivity index (χ2n) is 4.33. The zero-order valence-electron chi connectivity index (χ0n) is 10.5. The molecule has 19 heavy (non-hydrogen) atoms. The maximum absolute atomic E-state index is 9.84. The van der Waals surface area contributed by atoms with Gasteiger partial charge in [0, 0.05) is 15.2 Å². The van der Waals surface area contributed by atoms with Gasteiger partial charge in [-0.2, -0.15) is 0 Å². The van der Waals surface area contributed by atoms with Crippen LogP contribution in [0.25, 0.3) is 10.9 Å². The first-order chi connectivity index (χ1) is 9.24. The number of aromatic nitrogens is 1. The number of pyridine rings is 1. The molecule has 94 valence electrons. The predicted molar refractivity (Wildman–Crippen MR) is 78.7 cm³/mol. The fourth-order valence-corrected chi connectivity index (χ4v) is 2.93. The Morgan fingerprint density at radius 3 is 2.58 bits per heavy atom. The Morgan fingerprint density at radius 2 is 1.79 bits per heavy atom. The number of aromatic hydroxyl groups is 1. The summed E-state index contributed by atoms with van der Waals surface area (Å²) < 4.78 is 0. The van der Waals surface area contributed by atoms with Crippen LogP contribution in [-0.2, 0) is 0 Å². The number of hydrogen-bond acceptors (Lipinski definition) is 3. The maximum Gasteiger partial charge on any atom is 0.137 e. The zero-order valence-corrected chi connectivity index (χ0v) is 11.3. The van der Waals surface area contributed by atoms with E-state index in [-0.39, 0.29) is 5.75 Å². The smallest absolute Gasteiger partial charge is 0.137 e. The van der Waals surface area contributed by atoms with Crippen LogP contribution < -0.4 is 0 Å². The van der Waals surface area contributed by atoms with Crippen molar-refractivity contribution >= 4 is 22.7 Å². The van der Waals surface area contributed by atoms with E-state index < -0.39 is 0 Å². The van der Waals surface area contributed by atoms with E-state index in [9.17, 15) is 5.11 Å². The summed E-state index contributed by atoms with van der Waals surface area (Å²) >= 11 is 1.68. The van der Waals surface area contributed by atoms with Gasteiger partial charge in [0.25, 0.3) is 0 Å². The van der Waals surface area contributed by atoms with Crippen LogP contribution in [0.1, 0.15) is 5.69 Å². The lowest BCUT2D eigenvalue weighted by molar-refractivity contribution is 0.469. The van der Waals surface area contributed by atoms with Crippen LogP contribution in [0.4, 0.5) is 0 Å². The monoisotopic (exact) mass is 267 g/mol. The van der Waals surface area contributed by atoms with Gasteiger partial charge in [0.2, 0.25) is 0 Å². The van der Waals surface area contributed by atoms with Gasteiger partial charge in [-0.3, -0.25) is 0 Å². The number of hydrogen-bond donors (Lipinski definition) is 1. The fraction of sp³-hybridized carbons (Fsp3) is 0.0625. The summed E-state index contributed by atoms with van der Waals surface area (Å²) in [6.07, 6.45) is 0. The molecule has 1 N–H and O–H groups in total. The summed E-state index contributed by atoms with van der Waals surface area (Å²) in [5.74, 6) is 0.244. The summed E-state index contributed by atoms with van der Waals surface area (Å²) in [7, 11) is 0. The normalized spacial score (nSPS) is 10.8. The molecule has 3 heteroatoms. The summed E-state index contributed by atoms with van der Waals surface area (Å²) in [6.45, 7) is 1.81. The second-order valence-corrected chi connectivity index (χ2v) is 5.45. The quantitative estimate of drug-likeness (QED) is 0.747. The molecule has 0 radical (unpaired) electrons. The van der Waals surface area contributed by atoms with Gasteiger partial charge in [0.05, 0.1) is 11.2 Å². The molecule has 0 fully saturated rings. The molecule has 2 nitrogen and oxygen atoms in total. The molecule has 3 aromatic rings. The molecular formula is C16H13NOS. The third-order valence-electron chi connectivity index (χ3n) is 2.95. The Hall–Kier alpha value is -2.00. The van der Waals surface area contributed by atoms with Crippen LogP contribution in [-0.4, -0.2) is 10.1 Å². The molecule has 0 aliphatic heterocycles. The first kappa shape index (κ1) is 12.1. The minimum atomic E-state index is 0.244. The fourth-order valence-electron chi connectivity index (χ4n) is 1.96. The van der Waals surface area contributed by atoms with Crippen LogP contribution in [0.2, 0.25) is 0 Å². The molecule has 0 spiro atoms. The van der Waals surface area contributed by atoms with Gasteiger partial charge in [0.1, 0.15) is 5.75 Å². The van der Waals surface area contributed by atoms with Crippen LogP contribution in [0.15, 0.2) is 64.4 Å². The van der Waals surface area contributed by atoms with Crippen LogP contribution in [0.5, 0.6) is 5.75 Å². The summed E-state index contributed by atoms with van der Waals surface area (Å²) in [4.78, 5) is 6.69. The highest BCUT2D eigenvalue weighted by molar-refractivity contribution is 7.99. The van der Waals surface area contributed by atoms with E-state index in [1.54, 1.807) is 17.8 Å². The van der Waals surface area contributed by atoms with Crippen LogP contribution in [0.3, 0.4) is 0 Å². The molecule has 0 saturated heterocycles. The molecule has 0 unspecified atom stereocenters. The van der Waals surface area contributed by atoms with Crippen molar-refractivity contribution in [1.29, 1.82) is 0 Å². The molecule has 3 rings (SSSR count). The molecule has 1 aromatic heterocycles. The van der Waals surface area contributed by atoms with Crippen molar-refractivity contribution in [2.45, 2.75) is 16.7 Å². The lowest BCUT2D eigenvalue weighted by atomic mass is 10.2. The second kappa shape index (κ2) is 4.94. The van der Waals surface area contributed by atoms with E-state index in [0.29, 0.717) is 5.69 Å². The minimum Gasteiger partial charge on any atom is -0.506 e. The predicted octanol–water partition coefficient (Wildman–Crippen LogP) is 4.40. The van der Waals surface area contributed by atoms with Gasteiger partial charge in [-0.05, 0) is 37.3 Å². The van der Waals surface area contributed by atoms with Crippen molar-refractivity contribution < 1.29 is 5.11 Å². The molecule has 0 bridgehead atoms. The molecule has 0 saturated carbocycles. The van der Waals surface area contributed by atoms with Crippen molar-refractivity contribution in [1.82, 2.24) is 4.98 Å². The van der Waals surface area contributed by atoms with Gasteiger partial charge in [-0.15, -0.1) is 0 Å². The van der Waals surface area contributed by atoms with E-state index in [2.05, 4.69) is 23.2 Å². The lowest BCUT2D eigenvalue weighted by Gasteiger charge is -2.07. The van der Waals surface area contributed by atoms with Gasteiger partial charge >= 0.3 is 0 Å². The third kappa shape index (κ3) is 2.42. The number of rotatable bonds is 2. The Labute approximate surface area is 116 Å². The molecule has 0 amide bonds. The average Bonchev–Trinajstić information content (AvgIpc) is 2.42. The van der Waals surface area contributed by atoms with Crippen molar-refractivity contribution in [3.8, 4) is 5.75 Å². The highest BCUT2D eigenvalue weighted by atomic mass is 32.2. The summed E-state index contributed by atoms with van der Waals surface area (Å²) in [6, 6.07) is 18.0. The topological polar surface area (TPSA) is 33.1 Å². The zero-order chi connectivity index (χ0) is 13.2. The van der Waals surface area contributed by atoms with Crippen molar-refractivity contribution in [2.24, 2.45) is 0 Å². The van der Waals surface area contributed by atoms with Gasteiger partial charge in [-0.1, -0.05) is 36.0 Å². The molecule has 0 atom stereocenters. The van der Waals surface area contributed by atoms with Gasteiger partial charge < -0.3 is 5.11 Å². The van der Waals surface area contributed by atoms with E-state index >= 15 is 0 Å². The first-order valence-electron chi connectivity index (χ1n) is 6.06. The van der Waals surface area contributed by atoms with Crippen LogP contribution in [0, 0.1) is 6.92 Å². The summed E-state index contributed by atoms with van der Waals surface area (Å²) in [5, 5.41) is 10.8. The number of benzene rings is 2.